The number of carboxylic acid groups (broad SMARTS) is 1. The van der Waals surface area contributed by atoms with Gasteiger partial charge in [0.25, 0.3) is 0 Å². The average molecular weight is 445 g/mol. The molecular formula is C22H32N6O4. The quantitative estimate of drug-likeness (QED) is 0.507. The predicted molar refractivity (Wildman–Crippen MR) is 118 cm³/mol. The van der Waals surface area contributed by atoms with Gasteiger partial charge in [-0.1, -0.05) is 18.6 Å². The molecule has 3 N–H and O–H groups in total. The maximum atomic E-state index is 12.0. The number of rotatable bonds is 9. The second kappa shape index (κ2) is 10.9. The molecule has 2 heterocycles. The predicted octanol–water partition coefficient (Wildman–Crippen LogP) is 2.81. The lowest BCUT2D eigenvalue weighted by molar-refractivity contribution is -0.143. The normalized spacial score (nSPS) is 18.2. The Balaban J connectivity index is 1.67. The van der Waals surface area contributed by atoms with Gasteiger partial charge in [0.05, 0.1) is 35.6 Å². The zero-order valence-electron chi connectivity index (χ0n) is 18.9. The van der Waals surface area contributed by atoms with Gasteiger partial charge < -0.3 is 20.5 Å². The van der Waals surface area contributed by atoms with Gasteiger partial charge >= 0.3 is 12.0 Å². The molecule has 2 aromatic heterocycles. The average Bonchev–Trinajstić information content (AvgIpc) is 3.14. The number of carboxylic acids is 1. The van der Waals surface area contributed by atoms with Crippen LogP contribution in [-0.2, 0) is 18.4 Å². The molecule has 2 atom stereocenters. The van der Waals surface area contributed by atoms with Crippen LogP contribution >= 0.6 is 0 Å². The number of pyridine rings is 1. The molecule has 1 aliphatic rings. The van der Waals surface area contributed by atoms with E-state index in [1.165, 1.54) is 0 Å². The Kier molecular flexibility index (Phi) is 8.02. The van der Waals surface area contributed by atoms with Crippen LogP contribution in [0.15, 0.2) is 12.1 Å². The van der Waals surface area contributed by atoms with Crippen LogP contribution in [0.25, 0.3) is 11.4 Å². The number of carbonyl (C=O) groups is 2. The number of amides is 2. The molecule has 0 bridgehead atoms. The summed E-state index contributed by atoms with van der Waals surface area (Å²) in [6, 6.07) is 3.42. The number of aryl methyl sites for hydroxylation is 2. The minimum Gasteiger partial charge on any atom is -0.489 e. The lowest BCUT2D eigenvalue weighted by Crippen LogP contribution is -2.36. The van der Waals surface area contributed by atoms with E-state index in [1.807, 2.05) is 19.1 Å². The molecular weight excluding hydrogens is 412 g/mol. The number of nitrogens with one attached hydrogen (secondary N) is 2. The second-order valence-electron chi connectivity index (χ2n) is 8.19. The summed E-state index contributed by atoms with van der Waals surface area (Å²) in [5.41, 5.74) is 2.67. The topological polar surface area (TPSA) is 131 Å². The van der Waals surface area contributed by atoms with E-state index in [0.717, 1.165) is 31.4 Å². The lowest BCUT2D eigenvalue weighted by Gasteiger charge is -2.27. The van der Waals surface area contributed by atoms with Crippen LogP contribution in [0.5, 0.6) is 5.75 Å². The summed E-state index contributed by atoms with van der Waals surface area (Å²) in [6.45, 7) is 4.83. The van der Waals surface area contributed by atoms with Crippen molar-refractivity contribution in [3.63, 3.8) is 0 Å². The smallest absolute Gasteiger partial charge is 0.315 e. The van der Waals surface area contributed by atoms with Crippen LogP contribution in [0.1, 0.15) is 56.8 Å². The maximum Gasteiger partial charge on any atom is 0.315 e. The van der Waals surface area contributed by atoms with E-state index in [2.05, 4.69) is 32.9 Å². The molecule has 3 rings (SSSR count). The van der Waals surface area contributed by atoms with Crippen LogP contribution in [0.4, 0.5) is 4.79 Å². The first kappa shape index (κ1) is 23.5. The Morgan fingerprint density at radius 1 is 1.28 bits per heavy atom. The first-order valence-corrected chi connectivity index (χ1v) is 11.2. The Bertz CT molecular complexity index is 944. The van der Waals surface area contributed by atoms with Crippen molar-refractivity contribution in [2.24, 2.45) is 13.0 Å². The second-order valence-corrected chi connectivity index (χ2v) is 8.19. The largest absolute Gasteiger partial charge is 0.489 e. The van der Waals surface area contributed by atoms with Gasteiger partial charge in [-0.25, -0.2) is 14.5 Å². The van der Waals surface area contributed by atoms with E-state index >= 15 is 0 Å². The molecule has 0 saturated heterocycles. The number of aromatic nitrogens is 4. The van der Waals surface area contributed by atoms with Crippen molar-refractivity contribution in [2.75, 3.05) is 6.54 Å². The molecule has 174 valence electrons. The van der Waals surface area contributed by atoms with E-state index in [4.69, 9.17) is 4.74 Å². The van der Waals surface area contributed by atoms with Gasteiger partial charge in [0.1, 0.15) is 11.4 Å². The third-order valence-corrected chi connectivity index (χ3v) is 5.72. The maximum absolute atomic E-state index is 12.0. The van der Waals surface area contributed by atoms with E-state index in [9.17, 15) is 14.7 Å². The molecule has 10 heteroatoms. The number of unbranched alkanes of at least 4 members (excludes halogenated alkanes) is 1. The van der Waals surface area contributed by atoms with Crippen LogP contribution in [-0.4, -0.2) is 49.7 Å². The number of urea groups is 1. The van der Waals surface area contributed by atoms with Crippen molar-refractivity contribution in [3.8, 4) is 17.1 Å². The van der Waals surface area contributed by atoms with Crippen molar-refractivity contribution in [3.05, 3.63) is 23.5 Å². The van der Waals surface area contributed by atoms with Gasteiger partial charge in [-0.2, -0.15) is 0 Å². The van der Waals surface area contributed by atoms with Crippen molar-refractivity contribution in [1.29, 1.82) is 0 Å². The fourth-order valence-electron chi connectivity index (χ4n) is 3.84. The highest BCUT2D eigenvalue weighted by Gasteiger charge is 2.28. The summed E-state index contributed by atoms with van der Waals surface area (Å²) in [6.07, 6.45) is 4.71. The van der Waals surface area contributed by atoms with Crippen molar-refractivity contribution < 1.29 is 19.4 Å². The number of aliphatic carboxylic acids is 1. The number of nitrogens with zero attached hydrogens (tertiary/aromatic N) is 4. The summed E-state index contributed by atoms with van der Waals surface area (Å²) in [5, 5.41) is 23.3. The first-order valence-electron chi connectivity index (χ1n) is 11.2. The third-order valence-electron chi connectivity index (χ3n) is 5.72. The van der Waals surface area contributed by atoms with Crippen molar-refractivity contribution >= 4 is 12.0 Å². The molecule has 1 saturated carbocycles. The molecule has 1 aliphatic carbocycles. The molecule has 2 amide bonds. The highest BCUT2D eigenvalue weighted by atomic mass is 16.5. The van der Waals surface area contributed by atoms with Gasteiger partial charge in [0.2, 0.25) is 0 Å². The van der Waals surface area contributed by atoms with Crippen LogP contribution in [0.3, 0.4) is 0 Å². The van der Waals surface area contributed by atoms with Gasteiger partial charge in [0.15, 0.2) is 0 Å². The van der Waals surface area contributed by atoms with E-state index in [0.29, 0.717) is 42.2 Å². The zero-order chi connectivity index (χ0) is 23.1. The highest BCUT2D eigenvalue weighted by Crippen LogP contribution is 2.30. The fraction of sp³-hybridized carbons (Fsp3) is 0.591. The molecule has 0 aromatic carbocycles. The molecule has 0 unspecified atom stereocenters. The van der Waals surface area contributed by atoms with Crippen molar-refractivity contribution in [1.82, 2.24) is 30.6 Å². The Morgan fingerprint density at radius 2 is 2.09 bits per heavy atom. The minimum absolute atomic E-state index is 0.126. The van der Waals surface area contributed by atoms with Crippen LogP contribution < -0.4 is 15.4 Å². The summed E-state index contributed by atoms with van der Waals surface area (Å²) in [7, 11) is 1.77. The SMILES string of the molecule is CCCCNC(=O)NCc1c(-c2ccc(O[C@H]3CCC[C@H](C(=O)O)C3)c(C)n2)nnn1C. The van der Waals surface area contributed by atoms with Crippen LogP contribution in [0.2, 0.25) is 0 Å². The molecule has 2 aromatic rings. The lowest BCUT2D eigenvalue weighted by atomic mass is 9.87. The van der Waals surface area contributed by atoms with Crippen molar-refractivity contribution in [2.45, 2.75) is 65.0 Å². The number of hydrogen-bond acceptors (Lipinski definition) is 6. The molecule has 32 heavy (non-hydrogen) atoms. The van der Waals surface area contributed by atoms with Gasteiger partial charge in [-0.05, 0) is 51.2 Å². The monoisotopic (exact) mass is 444 g/mol. The third kappa shape index (κ3) is 5.95. The van der Waals surface area contributed by atoms with Crippen LogP contribution in [0, 0.1) is 12.8 Å². The van der Waals surface area contributed by atoms with Gasteiger partial charge in [-0.3, -0.25) is 4.79 Å². The Labute approximate surface area is 187 Å². The fourth-order valence-corrected chi connectivity index (χ4v) is 3.84. The number of hydrogen-bond donors (Lipinski definition) is 3. The first-order chi connectivity index (χ1) is 15.4. The molecule has 0 radical (unpaired) electrons. The summed E-state index contributed by atoms with van der Waals surface area (Å²) < 4.78 is 7.71. The Hall–Kier alpha value is -3.17. The molecule has 1 fully saturated rings. The van der Waals surface area contributed by atoms with Gasteiger partial charge in [-0.15, -0.1) is 5.10 Å². The molecule has 10 nitrogen and oxygen atoms in total. The minimum atomic E-state index is -0.758. The van der Waals surface area contributed by atoms with E-state index in [1.54, 1.807) is 11.7 Å². The summed E-state index contributed by atoms with van der Waals surface area (Å²) >= 11 is 0. The summed E-state index contributed by atoms with van der Waals surface area (Å²) in [5.74, 6) is -0.468. The highest BCUT2D eigenvalue weighted by molar-refractivity contribution is 5.74. The zero-order valence-corrected chi connectivity index (χ0v) is 18.9. The summed E-state index contributed by atoms with van der Waals surface area (Å²) in [4.78, 5) is 27.9. The van der Waals surface area contributed by atoms with E-state index in [-0.39, 0.29) is 24.6 Å². The number of carbonyl (C=O) groups excluding carboxylic acids is 1. The molecule has 0 aliphatic heterocycles. The Morgan fingerprint density at radius 3 is 2.81 bits per heavy atom. The van der Waals surface area contributed by atoms with Gasteiger partial charge in [0, 0.05) is 13.6 Å². The van der Waals surface area contributed by atoms with E-state index < -0.39 is 5.97 Å². The standard InChI is InChI=1S/C22H32N6O4/c1-4-5-11-23-22(31)24-13-18-20(26-27-28(18)3)17-9-10-19(14(2)25-17)32-16-8-6-7-15(12-16)21(29)30/h9-10,15-16H,4-8,11-13H2,1-3H3,(H,29,30)(H2,23,24,31)/t15-,16-/m0/s1. The number of ether oxygens (including phenoxy) is 1. The molecule has 0 spiro atoms.